The first kappa shape index (κ1) is 18.3. The molecule has 1 saturated heterocycles. The number of aryl methyl sites for hydroxylation is 1. The van der Waals surface area contributed by atoms with Crippen LogP contribution in [-0.2, 0) is 9.59 Å². The maximum Gasteiger partial charge on any atom is 0.229 e. The second-order valence-electron chi connectivity index (χ2n) is 6.28. The summed E-state index contributed by atoms with van der Waals surface area (Å²) in [7, 11) is 0. The predicted molar refractivity (Wildman–Crippen MR) is 103 cm³/mol. The van der Waals surface area contributed by atoms with Gasteiger partial charge in [-0.3, -0.25) is 9.59 Å². The second kappa shape index (κ2) is 7.79. The van der Waals surface area contributed by atoms with Gasteiger partial charge >= 0.3 is 0 Å². The van der Waals surface area contributed by atoms with E-state index in [2.05, 4.69) is 5.32 Å². The number of nitrogens with zero attached hydrogens (tertiary/aromatic N) is 1. The summed E-state index contributed by atoms with van der Waals surface area (Å²) in [5.74, 6) is 0.128. The summed E-state index contributed by atoms with van der Waals surface area (Å²) in [5.41, 5.74) is 2.40. The molecule has 26 heavy (non-hydrogen) atoms. The summed E-state index contributed by atoms with van der Waals surface area (Å²) in [6, 6.07) is 12.6. The highest BCUT2D eigenvalue weighted by molar-refractivity contribution is 6.31. The third-order valence-electron chi connectivity index (χ3n) is 4.39. The Bertz CT molecular complexity index is 820. The Morgan fingerprint density at radius 2 is 2.00 bits per heavy atom. The highest BCUT2D eigenvalue weighted by Gasteiger charge is 2.35. The molecule has 1 N–H and O–H groups in total. The lowest BCUT2D eigenvalue weighted by molar-refractivity contribution is -0.122. The molecule has 0 bridgehead atoms. The number of carbonyl (C=O) groups excluding carboxylic acids is 2. The molecule has 0 radical (unpaired) electrons. The fraction of sp³-hybridized carbons (Fsp3) is 0.300. The van der Waals surface area contributed by atoms with E-state index in [9.17, 15) is 9.59 Å². The van der Waals surface area contributed by atoms with E-state index in [1.807, 2.05) is 19.9 Å². The van der Waals surface area contributed by atoms with Gasteiger partial charge in [-0.25, -0.2) is 0 Å². The van der Waals surface area contributed by atoms with E-state index >= 15 is 0 Å². The first-order chi connectivity index (χ1) is 12.5. The van der Waals surface area contributed by atoms with Gasteiger partial charge in [0.05, 0.1) is 12.5 Å². The van der Waals surface area contributed by atoms with Crippen molar-refractivity contribution in [1.82, 2.24) is 0 Å². The molecule has 2 amide bonds. The van der Waals surface area contributed by atoms with Crippen LogP contribution in [0.4, 0.5) is 11.4 Å². The van der Waals surface area contributed by atoms with Gasteiger partial charge in [0.1, 0.15) is 5.75 Å². The molecule has 1 heterocycles. The van der Waals surface area contributed by atoms with Crippen LogP contribution in [0.15, 0.2) is 42.5 Å². The van der Waals surface area contributed by atoms with E-state index in [1.165, 1.54) is 0 Å². The quantitative estimate of drug-likeness (QED) is 0.861. The highest BCUT2D eigenvalue weighted by Crippen LogP contribution is 2.30. The van der Waals surface area contributed by atoms with Gasteiger partial charge < -0.3 is 15.0 Å². The lowest BCUT2D eigenvalue weighted by atomic mass is 10.1. The van der Waals surface area contributed by atoms with Gasteiger partial charge in [-0.1, -0.05) is 17.7 Å². The average molecular weight is 373 g/mol. The van der Waals surface area contributed by atoms with Gasteiger partial charge in [-0.05, 0) is 55.8 Å². The van der Waals surface area contributed by atoms with Crippen molar-refractivity contribution < 1.29 is 14.3 Å². The van der Waals surface area contributed by atoms with Crippen LogP contribution in [0.3, 0.4) is 0 Å². The average Bonchev–Trinajstić information content (AvgIpc) is 3.01. The predicted octanol–water partition coefficient (Wildman–Crippen LogP) is 4.04. The molecule has 3 rings (SSSR count). The third-order valence-corrected chi connectivity index (χ3v) is 4.63. The summed E-state index contributed by atoms with van der Waals surface area (Å²) < 4.78 is 5.39. The smallest absolute Gasteiger partial charge is 0.229 e. The lowest BCUT2D eigenvalue weighted by Gasteiger charge is -2.19. The maximum absolute atomic E-state index is 12.6. The SMILES string of the molecule is CCOc1ccc(NC(=O)C2CC(=O)N(c3cc(Cl)ccc3C)C2)cc1. The van der Waals surface area contributed by atoms with Crippen molar-refractivity contribution in [2.75, 3.05) is 23.4 Å². The van der Waals surface area contributed by atoms with Crippen molar-refractivity contribution in [2.45, 2.75) is 20.3 Å². The monoisotopic (exact) mass is 372 g/mol. The summed E-state index contributed by atoms with van der Waals surface area (Å²) in [6.45, 7) is 4.78. The molecule has 136 valence electrons. The summed E-state index contributed by atoms with van der Waals surface area (Å²) in [5, 5.41) is 3.44. The van der Waals surface area contributed by atoms with E-state index < -0.39 is 5.92 Å². The number of anilines is 2. The first-order valence-electron chi connectivity index (χ1n) is 8.58. The normalized spacial score (nSPS) is 16.7. The fourth-order valence-electron chi connectivity index (χ4n) is 3.03. The third kappa shape index (κ3) is 3.99. The molecule has 0 saturated carbocycles. The molecule has 5 nitrogen and oxygen atoms in total. The van der Waals surface area contributed by atoms with Crippen LogP contribution in [-0.4, -0.2) is 25.0 Å². The van der Waals surface area contributed by atoms with Gasteiger partial charge in [-0.15, -0.1) is 0 Å². The zero-order valence-electron chi connectivity index (χ0n) is 14.8. The number of benzene rings is 2. The van der Waals surface area contributed by atoms with Crippen molar-refractivity contribution >= 4 is 34.8 Å². The van der Waals surface area contributed by atoms with Crippen molar-refractivity contribution in [3.8, 4) is 5.75 Å². The number of ether oxygens (including phenoxy) is 1. The number of rotatable bonds is 5. The molecule has 1 aliphatic heterocycles. The van der Waals surface area contributed by atoms with Gasteiger partial charge in [0.2, 0.25) is 11.8 Å². The lowest BCUT2D eigenvalue weighted by Crippen LogP contribution is -2.28. The van der Waals surface area contributed by atoms with Crippen LogP contribution in [0.2, 0.25) is 5.02 Å². The van der Waals surface area contributed by atoms with Crippen molar-refractivity contribution in [1.29, 1.82) is 0 Å². The number of carbonyl (C=O) groups is 2. The van der Waals surface area contributed by atoms with Gasteiger partial charge in [0.15, 0.2) is 0 Å². The molecule has 2 aromatic rings. The number of nitrogens with one attached hydrogen (secondary N) is 1. The van der Waals surface area contributed by atoms with E-state index in [0.29, 0.717) is 23.9 Å². The van der Waals surface area contributed by atoms with Crippen LogP contribution in [0.25, 0.3) is 0 Å². The van der Waals surface area contributed by atoms with Gasteiger partial charge in [0.25, 0.3) is 0 Å². The number of hydrogen-bond acceptors (Lipinski definition) is 3. The Balaban J connectivity index is 1.68. The highest BCUT2D eigenvalue weighted by atomic mass is 35.5. The molecule has 1 unspecified atom stereocenters. The second-order valence-corrected chi connectivity index (χ2v) is 6.72. The fourth-order valence-corrected chi connectivity index (χ4v) is 3.20. The molecule has 1 aliphatic rings. The summed E-state index contributed by atoms with van der Waals surface area (Å²) >= 11 is 6.06. The topological polar surface area (TPSA) is 58.6 Å². The molecule has 0 aromatic heterocycles. The zero-order chi connectivity index (χ0) is 18.7. The van der Waals surface area contributed by atoms with E-state index in [4.69, 9.17) is 16.3 Å². The Hall–Kier alpha value is -2.53. The Morgan fingerprint density at radius 3 is 2.69 bits per heavy atom. The van der Waals surface area contributed by atoms with Crippen LogP contribution < -0.4 is 15.0 Å². The van der Waals surface area contributed by atoms with E-state index in [-0.39, 0.29) is 18.2 Å². The Morgan fingerprint density at radius 1 is 1.27 bits per heavy atom. The van der Waals surface area contributed by atoms with Crippen molar-refractivity contribution in [3.05, 3.63) is 53.1 Å². The molecular weight excluding hydrogens is 352 g/mol. The minimum atomic E-state index is -0.396. The van der Waals surface area contributed by atoms with Crippen LogP contribution in [0, 0.1) is 12.8 Å². The molecule has 1 atom stereocenters. The Labute approximate surface area is 157 Å². The number of halogens is 1. The number of amides is 2. The number of hydrogen-bond donors (Lipinski definition) is 1. The first-order valence-corrected chi connectivity index (χ1v) is 8.96. The molecule has 1 fully saturated rings. The van der Waals surface area contributed by atoms with Crippen LogP contribution in [0.1, 0.15) is 18.9 Å². The largest absolute Gasteiger partial charge is 0.494 e. The van der Waals surface area contributed by atoms with Crippen molar-refractivity contribution in [3.63, 3.8) is 0 Å². The molecule has 6 heteroatoms. The molecule has 0 aliphatic carbocycles. The zero-order valence-corrected chi connectivity index (χ0v) is 15.5. The molecule has 0 spiro atoms. The molecular formula is C20H21ClN2O3. The Kier molecular flexibility index (Phi) is 5.47. The summed E-state index contributed by atoms with van der Waals surface area (Å²) in [4.78, 5) is 26.6. The minimum absolute atomic E-state index is 0.0674. The minimum Gasteiger partial charge on any atom is -0.494 e. The van der Waals surface area contributed by atoms with E-state index in [0.717, 1.165) is 17.0 Å². The van der Waals surface area contributed by atoms with Crippen LogP contribution in [0.5, 0.6) is 5.75 Å². The van der Waals surface area contributed by atoms with Crippen molar-refractivity contribution in [2.24, 2.45) is 5.92 Å². The van der Waals surface area contributed by atoms with Gasteiger partial charge in [0, 0.05) is 29.4 Å². The standard InChI is InChI=1S/C20H21ClN2O3/c1-3-26-17-8-6-16(7-9-17)22-20(25)14-10-19(24)23(12-14)18-11-15(21)5-4-13(18)2/h4-9,11,14H,3,10,12H2,1-2H3,(H,22,25). The van der Waals surface area contributed by atoms with E-state index in [1.54, 1.807) is 41.3 Å². The van der Waals surface area contributed by atoms with Crippen LogP contribution >= 0.6 is 11.6 Å². The summed E-state index contributed by atoms with van der Waals surface area (Å²) in [6.07, 6.45) is 0.189. The molecule has 2 aromatic carbocycles. The maximum atomic E-state index is 12.6. The van der Waals surface area contributed by atoms with Gasteiger partial charge in [-0.2, -0.15) is 0 Å².